The highest BCUT2D eigenvalue weighted by Gasteiger charge is 2.14. The van der Waals surface area contributed by atoms with Gasteiger partial charge in [0, 0.05) is 14.1 Å². The number of rotatable bonds is 4. The van der Waals surface area contributed by atoms with Crippen molar-refractivity contribution in [1.29, 1.82) is 0 Å². The summed E-state index contributed by atoms with van der Waals surface area (Å²) in [6.07, 6.45) is 8.72. The second-order valence-electron chi connectivity index (χ2n) is 5.99. The van der Waals surface area contributed by atoms with Crippen LogP contribution in [0.1, 0.15) is 43.2 Å². The van der Waals surface area contributed by atoms with E-state index in [-0.39, 0.29) is 5.91 Å². The summed E-state index contributed by atoms with van der Waals surface area (Å²) in [6.45, 7) is 0. The third-order valence-electron chi connectivity index (χ3n) is 4.13. The SMILES string of the molecule is CN(C)C(=O)Cc1ccc(CC2CCCCC2)cc1. The molecule has 0 radical (unpaired) electrons. The van der Waals surface area contributed by atoms with E-state index < -0.39 is 0 Å². The number of carbonyl (C=O) groups excluding carboxylic acids is 1. The summed E-state index contributed by atoms with van der Waals surface area (Å²) < 4.78 is 0. The molecule has 0 unspecified atom stereocenters. The van der Waals surface area contributed by atoms with Gasteiger partial charge in [-0.25, -0.2) is 0 Å². The highest BCUT2D eigenvalue weighted by Crippen LogP contribution is 2.26. The van der Waals surface area contributed by atoms with Gasteiger partial charge in [-0.05, 0) is 23.5 Å². The molecule has 0 heterocycles. The maximum atomic E-state index is 11.6. The Hall–Kier alpha value is -1.31. The average molecular weight is 259 g/mol. The van der Waals surface area contributed by atoms with Crippen molar-refractivity contribution >= 4 is 5.91 Å². The summed E-state index contributed by atoms with van der Waals surface area (Å²) in [5.41, 5.74) is 2.54. The topological polar surface area (TPSA) is 20.3 Å². The minimum Gasteiger partial charge on any atom is -0.349 e. The summed E-state index contributed by atoms with van der Waals surface area (Å²) in [5.74, 6) is 1.04. The first kappa shape index (κ1) is 14.1. The third-order valence-corrected chi connectivity index (χ3v) is 4.13. The van der Waals surface area contributed by atoms with Crippen molar-refractivity contribution in [2.45, 2.75) is 44.9 Å². The zero-order valence-electron chi connectivity index (χ0n) is 12.2. The Morgan fingerprint density at radius 1 is 1.05 bits per heavy atom. The first-order chi connectivity index (χ1) is 9.15. The molecule has 1 aromatic rings. The fraction of sp³-hybridized carbons (Fsp3) is 0.588. The Morgan fingerprint density at radius 2 is 1.63 bits per heavy atom. The van der Waals surface area contributed by atoms with Crippen LogP contribution in [0.5, 0.6) is 0 Å². The molecule has 1 aliphatic rings. The van der Waals surface area contributed by atoms with Gasteiger partial charge in [0.2, 0.25) is 5.91 Å². The highest BCUT2D eigenvalue weighted by atomic mass is 16.2. The van der Waals surface area contributed by atoms with Gasteiger partial charge in [-0.2, -0.15) is 0 Å². The molecule has 0 aliphatic heterocycles. The lowest BCUT2D eigenvalue weighted by molar-refractivity contribution is -0.127. The number of likely N-dealkylation sites (N-methyl/N-ethyl adjacent to an activating group) is 1. The molecule has 0 saturated heterocycles. The molecule has 0 aromatic heterocycles. The molecule has 0 N–H and O–H groups in total. The summed E-state index contributed by atoms with van der Waals surface area (Å²) in [7, 11) is 3.61. The monoisotopic (exact) mass is 259 g/mol. The highest BCUT2D eigenvalue weighted by molar-refractivity contribution is 5.78. The molecule has 1 aliphatic carbocycles. The molecular formula is C17H25NO. The summed E-state index contributed by atoms with van der Waals surface area (Å²) in [4.78, 5) is 13.3. The summed E-state index contributed by atoms with van der Waals surface area (Å²) in [6, 6.07) is 8.62. The van der Waals surface area contributed by atoms with E-state index in [4.69, 9.17) is 0 Å². The van der Waals surface area contributed by atoms with Gasteiger partial charge >= 0.3 is 0 Å². The van der Waals surface area contributed by atoms with Crippen LogP contribution >= 0.6 is 0 Å². The Balaban J connectivity index is 1.88. The summed E-state index contributed by atoms with van der Waals surface area (Å²) in [5, 5.41) is 0. The van der Waals surface area contributed by atoms with Crippen LogP contribution in [-0.4, -0.2) is 24.9 Å². The van der Waals surface area contributed by atoms with Crippen LogP contribution < -0.4 is 0 Å². The van der Waals surface area contributed by atoms with Gasteiger partial charge in [0.1, 0.15) is 0 Å². The lowest BCUT2D eigenvalue weighted by atomic mass is 9.85. The van der Waals surface area contributed by atoms with Gasteiger partial charge in [-0.1, -0.05) is 56.4 Å². The Labute approximate surface area is 116 Å². The third kappa shape index (κ3) is 4.38. The van der Waals surface area contributed by atoms with E-state index in [0.717, 1.165) is 11.5 Å². The van der Waals surface area contributed by atoms with Crippen molar-refractivity contribution in [3.8, 4) is 0 Å². The molecule has 2 rings (SSSR count). The number of amides is 1. The van der Waals surface area contributed by atoms with Crippen molar-refractivity contribution in [3.63, 3.8) is 0 Å². The minimum atomic E-state index is 0.167. The molecule has 1 aromatic carbocycles. The predicted octanol–water partition coefficient (Wildman–Crippen LogP) is 3.44. The number of hydrogen-bond donors (Lipinski definition) is 0. The first-order valence-electron chi connectivity index (χ1n) is 7.43. The maximum absolute atomic E-state index is 11.6. The molecule has 0 spiro atoms. The molecule has 2 nitrogen and oxygen atoms in total. The fourth-order valence-electron chi connectivity index (χ4n) is 2.85. The molecular weight excluding hydrogens is 234 g/mol. The fourth-order valence-corrected chi connectivity index (χ4v) is 2.85. The minimum absolute atomic E-state index is 0.167. The van der Waals surface area contributed by atoms with Crippen molar-refractivity contribution < 1.29 is 4.79 Å². The molecule has 1 saturated carbocycles. The zero-order chi connectivity index (χ0) is 13.7. The quantitative estimate of drug-likeness (QED) is 0.811. The Kier molecular flexibility index (Phi) is 5.00. The maximum Gasteiger partial charge on any atom is 0.226 e. The van der Waals surface area contributed by atoms with Gasteiger partial charge in [-0.15, -0.1) is 0 Å². The molecule has 0 atom stereocenters. The van der Waals surface area contributed by atoms with Gasteiger partial charge in [0.25, 0.3) is 0 Å². The van der Waals surface area contributed by atoms with Gasteiger partial charge in [-0.3, -0.25) is 4.79 Å². The van der Waals surface area contributed by atoms with Crippen LogP contribution in [0.25, 0.3) is 0 Å². The van der Waals surface area contributed by atoms with Crippen LogP contribution in [0.4, 0.5) is 0 Å². The van der Waals surface area contributed by atoms with E-state index in [1.54, 1.807) is 19.0 Å². The Bertz CT molecular complexity index is 402. The van der Waals surface area contributed by atoms with Crippen molar-refractivity contribution in [2.24, 2.45) is 5.92 Å². The van der Waals surface area contributed by atoms with Crippen LogP contribution in [0.2, 0.25) is 0 Å². The van der Waals surface area contributed by atoms with Crippen molar-refractivity contribution in [2.75, 3.05) is 14.1 Å². The van der Waals surface area contributed by atoms with Gasteiger partial charge in [0.15, 0.2) is 0 Å². The van der Waals surface area contributed by atoms with Crippen LogP contribution in [0.15, 0.2) is 24.3 Å². The van der Waals surface area contributed by atoms with E-state index in [0.29, 0.717) is 6.42 Å². The van der Waals surface area contributed by atoms with E-state index in [1.807, 2.05) is 0 Å². The first-order valence-corrected chi connectivity index (χ1v) is 7.43. The van der Waals surface area contributed by atoms with E-state index in [1.165, 1.54) is 44.1 Å². The predicted molar refractivity (Wildman–Crippen MR) is 79.1 cm³/mol. The number of nitrogens with zero attached hydrogens (tertiary/aromatic N) is 1. The lowest BCUT2D eigenvalue weighted by Gasteiger charge is -2.21. The molecule has 1 amide bonds. The van der Waals surface area contributed by atoms with Crippen LogP contribution in [0, 0.1) is 5.92 Å². The average Bonchev–Trinajstić information content (AvgIpc) is 2.42. The van der Waals surface area contributed by atoms with Crippen molar-refractivity contribution in [1.82, 2.24) is 4.90 Å². The second-order valence-corrected chi connectivity index (χ2v) is 5.99. The normalized spacial score (nSPS) is 16.3. The van der Waals surface area contributed by atoms with Gasteiger partial charge in [0.05, 0.1) is 6.42 Å². The molecule has 0 bridgehead atoms. The second kappa shape index (κ2) is 6.74. The van der Waals surface area contributed by atoms with Crippen LogP contribution in [-0.2, 0) is 17.6 Å². The van der Waals surface area contributed by atoms with Crippen LogP contribution in [0.3, 0.4) is 0 Å². The number of hydrogen-bond acceptors (Lipinski definition) is 1. The Morgan fingerprint density at radius 3 is 2.21 bits per heavy atom. The van der Waals surface area contributed by atoms with Gasteiger partial charge < -0.3 is 4.90 Å². The molecule has 19 heavy (non-hydrogen) atoms. The van der Waals surface area contributed by atoms with E-state index >= 15 is 0 Å². The molecule has 104 valence electrons. The number of carbonyl (C=O) groups is 1. The van der Waals surface area contributed by atoms with E-state index in [9.17, 15) is 4.79 Å². The number of benzene rings is 1. The zero-order valence-corrected chi connectivity index (χ0v) is 12.2. The smallest absolute Gasteiger partial charge is 0.226 e. The van der Waals surface area contributed by atoms with Crippen molar-refractivity contribution in [3.05, 3.63) is 35.4 Å². The lowest BCUT2D eigenvalue weighted by Crippen LogP contribution is -2.23. The largest absolute Gasteiger partial charge is 0.349 e. The summed E-state index contributed by atoms with van der Waals surface area (Å²) >= 11 is 0. The molecule has 1 fully saturated rings. The van der Waals surface area contributed by atoms with E-state index in [2.05, 4.69) is 24.3 Å². The standard InChI is InChI=1S/C17H25NO/c1-18(2)17(19)13-16-10-8-15(9-11-16)12-14-6-4-3-5-7-14/h8-11,14H,3-7,12-13H2,1-2H3. The molecule has 2 heteroatoms.